The number of hydrogen-bond donors (Lipinski definition) is 2. The smallest absolute Gasteiger partial charge is 0.0552 e. The van der Waals surface area contributed by atoms with E-state index in [-0.39, 0.29) is 6.10 Å². The molecule has 1 aliphatic rings. The Hall–Kier alpha value is -1.02. The van der Waals surface area contributed by atoms with Gasteiger partial charge < -0.3 is 10.4 Å². The summed E-state index contributed by atoms with van der Waals surface area (Å²) in [5.74, 6) is 0.846. The van der Waals surface area contributed by atoms with Crippen LogP contribution in [0.15, 0.2) is 24.3 Å². The normalized spacial score (nSPS) is 18.6. The lowest BCUT2D eigenvalue weighted by Gasteiger charge is -2.22. The Morgan fingerprint density at radius 2 is 2.06 bits per heavy atom. The second-order valence-corrected chi connectivity index (χ2v) is 5.64. The van der Waals surface area contributed by atoms with Gasteiger partial charge in [-0.3, -0.25) is 0 Å². The van der Waals surface area contributed by atoms with E-state index in [1.54, 1.807) is 0 Å². The maximum absolute atomic E-state index is 9.41. The zero-order chi connectivity index (χ0) is 12.8. The molecule has 1 aromatic rings. The molecule has 0 aliphatic heterocycles. The molecule has 2 nitrogen and oxygen atoms in total. The van der Waals surface area contributed by atoms with Gasteiger partial charge in [-0.05, 0) is 49.8 Å². The number of benzene rings is 1. The van der Waals surface area contributed by atoms with Crippen molar-refractivity contribution in [1.29, 1.82) is 0 Å². The maximum atomic E-state index is 9.41. The lowest BCUT2D eigenvalue weighted by Crippen LogP contribution is -2.17. The van der Waals surface area contributed by atoms with Crippen LogP contribution in [0.1, 0.15) is 44.6 Å². The van der Waals surface area contributed by atoms with Gasteiger partial charge in [0, 0.05) is 12.2 Å². The second-order valence-electron chi connectivity index (χ2n) is 5.64. The van der Waals surface area contributed by atoms with Gasteiger partial charge in [-0.1, -0.05) is 31.4 Å². The summed E-state index contributed by atoms with van der Waals surface area (Å²) in [7, 11) is 0. The van der Waals surface area contributed by atoms with Crippen molar-refractivity contribution in [3.8, 4) is 0 Å². The molecular weight excluding hydrogens is 222 g/mol. The molecule has 18 heavy (non-hydrogen) atoms. The highest BCUT2D eigenvalue weighted by molar-refractivity contribution is 5.45. The van der Waals surface area contributed by atoms with Crippen LogP contribution in [0.4, 0.5) is 5.69 Å². The average Bonchev–Trinajstić information content (AvgIpc) is 2.37. The summed E-state index contributed by atoms with van der Waals surface area (Å²) in [6, 6.07) is 8.43. The van der Waals surface area contributed by atoms with Crippen molar-refractivity contribution in [2.75, 3.05) is 11.9 Å². The SMILES string of the molecule is CC(O)Cc1cccc(NCC2CCCCC2)c1. The monoisotopic (exact) mass is 247 g/mol. The molecule has 1 saturated carbocycles. The highest BCUT2D eigenvalue weighted by Crippen LogP contribution is 2.24. The third-order valence-electron chi connectivity index (χ3n) is 3.78. The van der Waals surface area contributed by atoms with Crippen LogP contribution in [0.2, 0.25) is 0 Å². The summed E-state index contributed by atoms with van der Waals surface area (Å²) < 4.78 is 0. The minimum atomic E-state index is -0.265. The summed E-state index contributed by atoms with van der Waals surface area (Å²) in [6.45, 7) is 2.93. The van der Waals surface area contributed by atoms with Crippen LogP contribution in [-0.4, -0.2) is 17.8 Å². The first-order valence-corrected chi connectivity index (χ1v) is 7.25. The summed E-state index contributed by atoms with van der Waals surface area (Å²) >= 11 is 0. The fourth-order valence-corrected chi connectivity index (χ4v) is 2.80. The quantitative estimate of drug-likeness (QED) is 0.833. The van der Waals surface area contributed by atoms with Crippen molar-refractivity contribution < 1.29 is 5.11 Å². The number of anilines is 1. The predicted octanol–water partition coefficient (Wildman–Crippen LogP) is 3.60. The molecule has 0 amide bonds. The molecule has 0 aromatic heterocycles. The topological polar surface area (TPSA) is 32.3 Å². The van der Waals surface area contributed by atoms with Crippen LogP contribution < -0.4 is 5.32 Å². The Kier molecular flexibility index (Phi) is 5.06. The van der Waals surface area contributed by atoms with Crippen LogP contribution in [0.5, 0.6) is 0 Å². The van der Waals surface area contributed by atoms with Crippen LogP contribution in [0.3, 0.4) is 0 Å². The largest absolute Gasteiger partial charge is 0.393 e. The molecule has 1 aromatic carbocycles. The van der Waals surface area contributed by atoms with Gasteiger partial charge in [0.1, 0.15) is 0 Å². The zero-order valence-corrected chi connectivity index (χ0v) is 11.4. The van der Waals surface area contributed by atoms with Crippen LogP contribution in [0.25, 0.3) is 0 Å². The van der Waals surface area contributed by atoms with Gasteiger partial charge in [0.2, 0.25) is 0 Å². The minimum Gasteiger partial charge on any atom is -0.393 e. The van der Waals surface area contributed by atoms with Gasteiger partial charge in [0.25, 0.3) is 0 Å². The van der Waals surface area contributed by atoms with E-state index >= 15 is 0 Å². The molecule has 1 atom stereocenters. The molecule has 0 spiro atoms. The van der Waals surface area contributed by atoms with Gasteiger partial charge in [-0.25, -0.2) is 0 Å². The molecule has 0 bridgehead atoms. The van der Waals surface area contributed by atoms with E-state index in [9.17, 15) is 5.11 Å². The molecule has 100 valence electrons. The number of nitrogens with one attached hydrogen (secondary N) is 1. The highest BCUT2D eigenvalue weighted by atomic mass is 16.3. The third kappa shape index (κ3) is 4.34. The maximum Gasteiger partial charge on any atom is 0.0552 e. The van der Waals surface area contributed by atoms with Gasteiger partial charge in [0.05, 0.1) is 6.10 Å². The third-order valence-corrected chi connectivity index (χ3v) is 3.78. The first kappa shape index (κ1) is 13.4. The van der Waals surface area contributed by atoms with E-state index in [4.69, 9.17) is 0 Å². The van der Waals surface area contributed by atoms with Gasteiger partial charge in [0.15, 0.2) is 0 Å². The highest BCUT2D eigenvalue weighted by Gasteiger charge is 2.12. The molecule has 0 saturated heterocycles. The molecular formula is C16H25NO. The summed E-state index contributed by atoms with van der Waals surface area (Å²) in [4.78, 5) is 0. The molecule has 1 aliphatic carbocycles. The van der Waals surface area contributed by atoms with E-state index < -0.39 is 0 Å². The van der Waals surface area contributed by atoms with Crippen LogP contribution >= 0.6 is 0 Å². The summed E-state index contributed by atoms with van der Waals surface area (Å²) in [5.41, 5.74) is 2.40. The average molecular weight is 247 g/mol. The lowest BCUT2D eigenvalue weighted by atomic mass is 9.89. The fourth-order valence-electron chi connectivity index (χ4n) is 2.80. The molecule has 0 radical (unpaired) electrons. The number of hydrogen-bond acceptors (Lipinski definition) is 2. The number of aliphatic hydroxyl groups is 1. The molecule has 2 heteroatoms. The molecule has 1 unspecified atom stereocenters. The molecule has 0 heterocycles. The second kappa shape index (κ2) is 6.79. The Morgan fingerprint density at radius 1 is 1.28 bits per heavy atom. The Labute approximate surface area is 110 Å². The summed E-state index contributed by atoms with van der Waals surface area (Å²) in [6.07, 6.45) is 7.43. The van der Waals surface area contributed by atoms with E-state index in [1.165, 1.54) is 43.4 Å². The van der Waals surface area contributed by atoms with Crippen LogP contribution in [0, 0.1) is 5.92 Å². The Balaban J connectivity index is 1.84. The van der Waals surface area contributed by atoms with Gasteiger partial charge in [-0.15, -0.1) is 0 Å². The fraction of sp³-hybridized carbons (Fsp3) is 0.625. The van der Waals surface area contributed by atoms with E-state index in [2.05, 4.69) is 29.6 Å². The van der Waals surface area contributed by atoms with Crippen molar-refractivity contribution >= 4 is 5.69 Å². The molecule has 2 rings (SSSR count). The number of aliphatic hydroxyl groups excluding tert-OH is 1. The van der Waals surface area contributed by atoms with Gasteiger partial charge in [-0.2, -0.15) is 0 Å². The van der Waals surface area contributed by atoms with E-state index in [1.807, 2.05) is 6.92 Å². The van der Waals surface area contributed by atoms with Crippen LogP contribution in [-0.2, 0) is 6.42 Å². The van der Waals surface area contributed by atoms with E-state index in [0.717, 1.165) is 18.9 Å². The Bertz CT molecular complexity index is 356. The Morgan fingerprint density at radius 3 is 2.78 bits per heavy atom. The summed E-state index contributed by atoms with van der Waals surface area (Å²) in [5, 5.41) is 13.0. The van der Waals surface area contributed by atoms with Crippen molar-refractivity contribution in [3.63, 3.8) is 0 Å². The van der Waals surface area contributed by atoms with Crippen molar-refractivity contribution in [3.05, 3.63) is 29.8 Å². The van der Waals surface area contributed by atoms with Crippen molar-refractivity contribution in [2.24, 2.45) is 5.92 Å². The number of rotatable bonds is 5. The van der Waals surface area contributed by atoms with Crippen molar-refractivity contribution in [2.45, 2.75) is 51.6 Å². The first-order chi connectivity index (χ1) is 8.74. The zero-order valence-electron chi connectivity index (χ0n) is 11.4. The first-order valence-electron chi connectivity index (χ1n) is 7.25. The standard InChI is InChI=1S/C16H25NO/c1-13(18)10-15-8-5-9-16(11-15)17-12-14-6-3-2-4-7-14/h5,8-9,11,13-14,17-18H,2-4,6-7,10,12H2,1H3. The lowest BCUT2D eigenvalue weighted by molar-refractivity contribution is 0.195. The predicted molar refractivity (Wildman–Crippen MR) is 76.9 cm³/mol. The van der Waals surface area contributed by atoms with Gasteiger partial charge >= 0.3 is 0 Å². The molecule has 1 fully saturated rings. The van der Waals surface area contributed by atoms with Crippen molar-refractivity contribution in [1.82, 2.24) is 0 Å². The minimum absolute atomic E-state index is 0.265. The molecule has 2 N–H and O–H groups in total. The van der Waals surface area contributed by atoms with E-state index in [0.29, 0.717) is 0 Å².